The first-order valence-electron chi connectivity index (χ1n) is 10.6. The monoisotopic (exact) mass is 418 g/mol. The molecule has 5 rings (SSSR count). The van der Waals surface area contributed by atoms with E-state index in [-0.39, 0.29) is 11.9 Å². The van der Waals surface area contributed by atoms with Crippen molar-refractivity contribution in [1.29, 1.82) is 0 Å². The molecule has 0 aliphatic carbocycles. The number of hydrogen-bond acceptors (Lipinski definition) is 3. The third-order valence-electron chi connectivity index (χ3n) is 5.61. The maximum Gasteiger partial charge on any atom is 0.257 e. The zero-order valence-electron chi connectivity index (χ0n) is 17.4. The van der Waals surface area contributed by atoms with E-state index in [1.54, 1.807) is 0 Å². The van der Waals surface area contributed by atoms with Gasteiger partial charge in [0.05, 0.1) is 12.2 Å². The number of hydrogen-bond donors (Lipinski definition) is 1. The Bertz CT molecular complexity index is 1340. The molecule has 0 bridgehead atoms. The van der Waals surface area contributed by atoms with Crippen LogP contribution in [0.15, 0.2) is 114 Å². The van der Waals surface area contributed by atoms with E-state index in [1.807, 2.05) is 72.8 Å². The van der Waals surface area contributed by atoms with E-state index in [9.17, 15) is 4.79 Å². The number of nitrogens with one attached hydrogen (secondary N) is 1. The Balaban J connectivity index is 1.47. The van der Waals surface area contributed by atoms with Crippen molar-refractivity contribution in [3.8, 4) is 0 Å². The smallest absolute Gasteiger partial charge is 0.257 e. The highest BCUT2D eigenvalue weighted by molar-refractivity contribution is 5.95. The molecule has 4 heteroatoms. The van der Waals surface area contributed by atoms with Crippen LogP contribution < -0.4 is 5.32 Å². The lowest BCUT2D eigenvalue weighted by Gasteiger charge is -2.20. The van der Waals surface area contributed by atoms with Crippen LogP contribution in [0.1, 0.15) is 38.9 Å². The van der Waals surface area contributed by atoms with Gasteiger partial charge in [-0.3, -0.25) is 4.79 Å². The van der Waals surface area contributed by atoms with Crippen LogP contribution in [0.2, 0.25) is 0 Å². The second kappa shape index (κ2) is 8.90. The molecule has 0 spiro atoms. The molecule has 0 saturated heterocycles. The maximum atomic E-state index is 13.3. The largest absolute Gasteiger partial charge is 0.360 e. The van der Waals surface area contributed by atoms with Crippen LogP contribution in [0.5, 0.6) is 0 Å². The Morgan fingerprint density at radius 3 is 2.25 bits per heavy atom. The van der Waals surface area contributed by atoms with Crippen LogP contribution in [0.3, 0.4) is 0 Å². The fourth-order valence-electron chi connectivity index (χ4n) is 3.96. The summed E-state index contributed by atoms with van der Waals surface area (Å²) in [6, 6.07) is 34.1. The molecule has 1 aromatic heterocycles. The molecular formula is C28H22N2O2. The number of aromatic nitrogens is 1. The average Bonchev–Trinajstić information content (AvgIpc) is 3.31. The first-order chi connectivity index (χ1) is 15.8. The first kappa shape index (κ1) is 19.8. The van der Waals surface area contributed by atoms with Crippen molar-refractivity contribution in [2.24, 2.45) is 0 Å². The van der Waals surface area contributed by atoms with Crippen LogP contribution in [0, 0.1) is 0 Å². The van der Waals surface area contributed by atoms with Crippen LogP contribution in [0.4, 0.5) is 0 Å². The lowest BCUT2D eigenvalue weighted by Crippen LogP contribution is -2.29. The van der Waals surface area contributed by atoms with Crippen molar-refractivity contribution in [1.82, 2.24) is 10.5 Å². The minimum atomic E-state index is -0.298. The van der Waals surface area contributed by atoms with Crippen molar-refractivity contribution in [3.05, 3.63) is 137 Å². The van der Waals surface area contributed by atoms with Gasteiger partial charge in [0, 0.05) is 6.42 Å². The molecule has 156 valence electrons. The summed E-state index contributed by atoms with van der Waals surface area (Å²) in [6.07, 6.45) is 2.01. The highest BCUT2D eigenvalue weighted by atomic mass is 16.5. The van der Waals surface area contributed by atoms with Gasteiger partial charge in [-0.15, -0.1) is 0 Å². The second-order valence-electron chi connectivity index (χ2n) is 7.75. The van der Waals surface area contributed by atoms with Gasteiger partial charge in [0.25, 0.3) is 5.91 Å². The van der Waals surface area contributed by atoms with Gasteiger partial charge in [-0.05, 0) is 33.5 Å². The predicted molar refractivity (Wildman–Crippen MR) is 125 cm³/mol. The molecule has 0 radical (unpaired) electrons. The van der Waals surface area contributed by atoms with Gasteiger partial charge in [0.15, 0.2) is 5.76 Å². The molecule has 1 atom stereocenters. The lowest BCUT2D eigenvalue weighted by atomic mass is 9.95. The third kappa shape index (κ3) is 4.16. The molecule has 0 saturated carbocycles. The Morgan fingerprint density at radius 2 is 1.47 bits per heavy atom. The van der Waals surface area contributed by atoms with Gasteiger partial charge in [0.2, 0.25) is 0 Å². The fraction of sp³-hybridized carbons (Fsp3) is 0.0714. The standard InChI is InChI=1S/C28H22N2O2/c31-28(25-19-29-32-26(25)17-20-9-3-1-4-10-20)30-27(22-12-5-2-6-13-22)24-16-15-21-11-7-8-14-23(21)18-24/h1-16,18-19,27H,17H2,(H,30,31). The molecule has 1 unspecified atom stereocenters. The van der Waals surface area contributed by atoms with E-state index in [1.165, 1.54) is 11.6 Å². The normalized spacial score (nSPS) is 11.9. The van der Waals surface area contributed by atoms with E-state index >= 15 is 0 Å². The Morgan fingerprint density at radius 1 is 0.781 bits per heavy atom. The van der Waals surface area contributed by atoms with Crippen LogP contribution in [-0.2, 0) is 6.42 Å². The Kier molecular flexibility index (Phi) is 5.50. The highest BCUT2D eigenvalue weighted by Gasteiger charge is 2.22. The van der Waals surface area contributed by atoms with E-state index in [0.29, 0.717) is 17.7 Å². The van der Waals surface area contributed by atoms with E-state index in [4.69, 9.17) is 4.52 Å². The van der Waals surface area contributed by atoms with Crippen LogP contribution in [-0.4, -0.2) is 11.1 Å². The quantitative estimate of drug-likeness (QED) is 0.371. The maximum absolute atomic E-state index is 13.3. The Labute approximate surface area is 186 Å². The molecule has 4 nitrogen and oxygen atoms in total. The second-order valence-corrected chi connectivity index (χ2v) is 7.75. The summed E-state index contributed by atoms with van der Waals surface area (Å²) in [5, 5.41) is 9.40. The minimum absolute atomic E-state index is 0.209. The fourth-order valence-corrected chi connectivity index (χ4v) is 3.96. The molecule has 32 heavy (non-hydrogen) atoms. The third-order valence-corrected chi connectivity index (χ3v) is 5.61. The summed E-state index contributed by atoms with van der Waals surface area (Å²) in [5.74, 6) is 0.346. The summed E-state index contributed by atoms with van der Waals surface area (Å²) < 4.78 is 5.43. The zero-order valence-corrected chi connectivity index (χ0v) is 17.4. The highest BCUT2D eigenvalue weighted by Crippen LogP contribution is 2.26. The van der Waals surface area contributed by atoms with Crippen LogP contribution in [0.25, 0.3) is 10.8 Å². The topological polar surface area (TPSA) is 55.1 Å². The number of carbonyl (C=O) groups excluding carboxylic acids is 1. The SMILES string of the molecule is O=C(NC(c1ccccc1)c1ccc2ccccc2c1)c1cnoc1Cc1ccccc1. The van der Waals surface area contributed by atoms with Crippen molar-refractivity contribution in [3.63, 3.8) is 0 Å². The van der Waals surface area contributed by atoms with Gasteiger partial charge in [-0.2, -0.15) is 0 Å². The minimum Gasteiger partial charge on any atom is -0.360 e. The van der Waals surface area contributed by atoms with E-state index in [0.717, 1.165) is 22.1 Å². The number of amides is 1. The molecular weight excluding hydrogens is 396 g/mol. The number of rotatable bonds is 6. The summed E-state index contributed by atoms with van der Waals surface area (Å²) in [4.78, 5) is 13.3. The number of carbonyl (C=O) groups is 1. The number of fused-ring (bicyclic) bond motifs is 1. The first-order valence-corrected chi connectivity index (χ1v) is 10.6. The summed E-state index contributed by atoms with van der Waals surface area (Å²) in [7, 11) is 0. The van der Waals surface area contributed by atoms with E-state index in [2.05, 4.69) is 40.8 Å². The molecule has 1 amide bonds. The number of nitrogens with zero attached hydrogens (tertiary/aromatic N) is 1. The average molecular weight is 418 g/mol. The van der Waals surface area contributed by atoms with Crippen molar-refractivity contribution < 1.29 is 9.32 Å². The molecule has 1 N–H and O–H groups in total. The number of benzene rings is 4. The van der Waals surface area contributed by atoms with E-state index < -0.39 is 0 Å². The van der Waals surface area contributed by atoms with Crippen molar-refractivity contribution >= 4 is 16.7 Å². The summed E-state index contributed by atoms with van der Waals surface area (Å²) >= 11 is 0. The van der Waals surface area contributed by atoms with Crippen molar-refractivity contribution in [2.45, 2.75) is 12.5 Å². The van der Waals surface area contributed by atoms with Crippen LogP contribution >= 0.6 is 0 Å². The Hall–Kier alpha value is -4.18. The molecule has 0 aliphatic rings. The van der Waals surface area contributed by atoms with Gasteiger partial charge in [-0.25, -0.2) is 0 Å². The molecule has 4 aromatic carbocycles. The molecule has 1 heterocycles. The molecule has 0 fully saturated rings. The summed E-state index contributed by atoms with van der Waals surface area (Å²) in [5.41, 5.74) is 3.55. The van der Waals surface area contributed by atoms with Gasteiger partial charge in [0.1, 0.15) is 5.56 Å². The zero-order chi connectivity index (χ0) is 21.8. The van der Waals surface area contributed by atoms with Crippen molar-refractivity contribution in [2.75, 3.05) is 0 Å². The summed E-state index contributed by atoms with van der Waals surface area (Å²) in [6.45, 7) is 0. The predicted octanol–water partition coefficient (Wildman–Crippen LogP) is 5.94. The molecule has 5 aromatic rings. The van der Waals surface area contributed by atoms with Gasteiger partial charge >= 0.3 is 0 Å². The molecule has 0 aliphatic heterocycles. The van der Waals surface area contributed by atoms with Gasteiger partial charge in [-0.1, -0.05) is 102 Å². The van der Waals surface area contributed by atoms with Gasteiger partial charge < -0.3 is 9.84 Å². The lowest BCUT2D eigenvalue weighted by molar-refractivity contribution is 0.0941.